The van der Waals surface area contributed by atoms with Crippen molar-refractivity contribution in [2.45, 2.75) is 25.0 Å². The highest BCUT2D eigenvalue weighted by Gasteiger charge is 2.35. The van der Waals surface area contributed by atoms with Crippen LogP contribution in [0.25, 0.3) is 0 Å². The lowest BCUT2D eigenvalue weighted by atomic mass is 9.91. The van der Waals surface area contributed by atoms with Crippen LogP contribution < -0.4 is 4.72 Å². The molecule has 0 aliphatic carbocycles. The highest BCUT2D eigenvalue weighted by molar-refractivity contribution is 7.90. The number of nitrogens with one attached hydrogen (secondary N) is 1. The molecule has 1 aromatic carbocycles. The van der Waals surface area contributed by atoms with Crippen molar-refractivity contribution in [3.05, 3.63) is 35.4 Å². The lowest BCUT2D eigenvalue weighted by molar-refractivity contribution is 0.0570. The maximum absolute atomic E-state index is 12.3. The SMILES string of the molecule is CCNS(=O)(=O)C1CCOCC1Cc1ccccc1C#N. The molecule has 0 saturated carbocycles. The summed E-state index contributed by atoms with van der Waals surface area (Å²) in [7, 11) is -3.34. The standard InChI is InChI=1S/C15H20N2O3S/c1-2-17-21(18,19)15-7-8-20-11-14(15)9-12-5-3-4-6-13(12)10-16/h3-6,14-15,17H,2,7-9,11H2,1H3. The predicted octanol–water partition coefficient (Wildman–Crippen LogP) is 1.45. The third-order valence-electron chi connectivity index (χ3n) is 3.77. The number of hydrogen-bond donors (Lipinski definition) is 1. The van der Waals surface area contributed by atoms with Crippen LogP contribution in [-0.4, -0.2) is 33.4 Å². The number of sulfonamides is 1. The van der Waals surface area contributed by atoms with Crippen LogP contribution in [0.2, 0.25) is 0 Å². The average molecular weight is 308 g/mol. The largest absolute Gasteiger partial charge is 0.381 e. The van der Waals surface area contributed by atoms with Crippen molar-refractivity contribution in [1.82, 2.24) is 4.72 Å². The number of rotatable bonds is 5. The van der Waals surface area contributed by atoms with Crippen LogP contribution in [0.4, 0.5) is 0 Å². The van der Waals surface area contributed by atoms with Crippen LogP contribution in [0.1, 0.15) is 24.5 Å². The van der Waals surface area contributed by atoms with Crippen molar-refractivity contribution in [3.63, 3.8) is 0 Å². The lowest BCUT2D eigenvalue weighted by Crippen LogP contribution is -2.44. The molecule has 0 radical (unpaired) electrons. The highest BCUT2D eigenvalue weighted by atomic mass is 32.2. The zero-order valence-electron chi connectivity index (χ0n) is 12.1. The quantitative estimate of drug-likeness (QED) is 0.893. The molecule has 1 heterocycles. The molecule has 0 spiro atoms. The summed E-state index contributed by atoms with van der Waals surface area (Å²) in [5, 5.41) is 8.69. The second kappa shape index (κ2) is 7.03. The van der Waals surface area contributed by atoms with Gasteiger partial charge in [0.2, 0.25) is 10.0 Å². The maximum atomic E-state index is 12.3. The van der Waals surface area contributed by atoms with Gasteiger partial charge < -0.3 is 4.74 Å². The van der Waals surface area contributed by atoms with Gasteiger partial charge >= 0.3 is 0 Å². The second-order valence-electron chi connectivity index (χ2n) is 5.18. The molecular formula is C15H20N2O3S. The Labute approximate surface area is 126 Å². The molecule has 6 heteroatoms. The van der Waals surface area contributed by atoms with Crippen molar-refractivity contribution < 1.29 is 13.2 Å². The topological polar surface area (TPSA) is 79.2 Å². The van der Waals surface area contributed by atoms with Crippen LogP contribution in [0.3, 0.4) is 0 Å². The molecule has 1 saturated heterocycles. The highest BCUT2D eigenvalue weighted by Crippen LogP contribution is 2.26. The minimum absolute atomic E-state index is 0.128. The van der Waals surface area contributed by atoms with Crippen LogP contribution in [0.5, 0.6) is 0 Å². The second-order valence-corrected chi connectivity index (χ2v) is 7.16. The summed E-state index contributed by atoms with van der Waals surface area (Å²) >= 11 is 0. The van der Waals surface area contributed by atoms with E-state index in [1.54, 1.807) is 13.0 Å². The Morgan fingerprint density at radius 2 is 2.19 bits per heavy atom. The molecule has 2 rings (SSSR count). The third kappa shape index (κ3) is 3.82. The summed E-state index contributed by atoms with van der Waals surface area (Å²) in [4.78, 5) is 0. The number of nitrogens with zero attached hydrogens (tertiary/aromatic N) is 1. The molecule has 0 bridgehead atoms. The summed E-state index contributed by atoms with van der Waals surface area (Å²) in [6.45, 7) is 3.04. The summed E-state index contributed by atoms with van der Waals surface area (Å²) in [6, 6.07) is 9.47. The van der Waals surface area contributed by atoms with E-state index in [9.17, 15) is 8.42 Å². The zero-order valence-corrected chi connectivity index (χ0v) is 12.9. The molecule has 1 aliphatic heterocycles. The van der Waals surface area contributed by atoms with Crippen molar-refractivity contribution in [1.29, 1.82) is 5.26 Å². The molecule has 2 unspecified atom stereocenters. The first-order valence-corrected chi connectivity index (χ1v) is 8.67. The molecule has 1 fully saturated rings. The van der Waals surface area contributed by atoms with Gasteiger partial charge in [-0.2, -0.15) is 5.26 Å². The van der Waals surface area contributed by atoms with E-state index in [1.165, 1.54) is 0 Å². The van der Waals surface area contributed by atoms with Crippen LogP contribution in [-0.2, 0) is 21.2 Å². The third-order valence-corrected chi connectivity index (χ3v) is 5.88. The van der Waals surface area contributed by atoms with Crippen LogP contribution in [0.15, 0.2) is 24.3 Å². The molecule has 1 aliphatic rings. The van der Waals surface area contributed by atoms with Gasteiger partial charge in [-0.05, 0) is 24.5 Å². The number of benzene rings is 1. The minimum atomic E-state index is -3.34. The van der Waals surface area contributed by atoms with Crippen LogP contribution >= 0.6 is 0 Å². The van der Waals surface area contributed by atoms with E-state index in [0.717, 1.165) is 5.56 Å². The van der Waals surface area contributed by atoms with Gasteiger partial charge in [-0.25, -0.2) is 13.1 Å². The minimum Gasteiger partial charge on any atom is -0.381 e. The van der Waals surface area contributed by atoms with Gasteiger partial charge in [0.05, 0.1) is 23.5 Å². The number of hydrogen-bond acceptors (Lipinski definition) is 4. The Kier molecular flexibility index (Phi) is 5.34. The van der Waals surface area contributed by atoms with E-state index in [2.05, 4.69) is 10.8 Å². The molecule has 21 heavy (non-hydrogen) atoms. The summed E-state index contributed by atoms with van der Waals surface area (Å²) in [6.07, 6.45) is 1.04. The Balaban J connectivity index is 2.22. The number of ether oxygens (including phenoxy) is 1. The summed E-state index contributed by atoms with van der Waals surface area (Å²) in [5.41, 5.74) is 1.48. The molecule has 114 valence electrons. The maximum Gasteiger partial charge on any atom is 0.214 e. The molecular weight excluding hydrogens is 288 g/mol. The summed E-state index contributed by atoms with van der Waals surface area (Å²) < 4.78 is 32.7. The van der Waals surface area contributed by atoms with E-state index < -0.39 is 15.3 Å². The molecule has 5 nitrogen and oxygen atoms in total. The van der Waals surface area contributed by atoms with Gasteiger partial charge in [0, 0.05) is 19.1 Å². The summed E-state index contributed by atoms with van der Waals surface area (Å²) in [5.74, 6) is -0.128. The molecule has 2 atom stereocenters. The van der Waals surface area contributed by atoms with Crippen molar-refractivity contribution in [2.75, 3.05) is 19.8 Å². The van der Waals surface area contributed by atoms with E-state index in [-0.39, 0.29) is 5.92 Å². The van der Waals surface area contributed by atoms with E-state index in [0.29, 0.717) is 38.2 Å². The van der Waals surface area contributed by atoms with Gasteiger partial charge in [0.1, 0.15) is 0 Å². The average Bonchev–Trinajstić information content (AvgIpc) is 2.48. The Hall–Kier alpha value is -1.42. The molecule has 0 aromatic heterocycles. The molecule has 0 amide bonds. The Morgan fingerprint density at radius 3 is 2.90 bits per heavy atom. The van der Waals surface area contributed by atoms with Gasteiger partial charge in [-0.15, -0.1) is 0 Å². The van der Waals surface area contributed by atoms with Crippen LogP contribution in [0, 0.1) is 17.2 Å². The Bertz CT molecular complexity index is 622. The molecule has 1 aromatic rings. The fraction of sp³-hybridized carbons (Fsp3) is 0.533. The fourth-order valence-electron chi connectivity index (χ4n) is 2.77. The zero-order chi connectivity index (χ0) is 15.3. The van der Waals surface area contributed by atoms with Gasteiger partial charge in [0.15, 0.2) is 0 Å². The first kappa shape index (κ1) is 16.0. The van der Waals surface area contributed by atoms with Crippen molar-refractivity contribution in [3.8, 4) is 6.07 Å². The van der Waals surface area contributed by atoms with Crippen molar-refractivity contribution in [2.24, 2.45) is 5.92 Å². The first-order chi connectivity index (χ1) is 10.1. The normalized spacial score (nSPS) is 22.7. The van der Waals surface area contributed by atoms with Gasteiger partial charge in [0.25, 0.3) is 0 Å². The predicted molar refractivity (Wildman–Crippen MR) is 80.2 cm³/mol. The van der Waals surface area contributed by atoms with Gasteiger partial charge in [-0.1, -0.05) is 25.1 Å². The Morgan fingerprint density at radius 1 is 1.43 bits per heavy atom. The fourth-order valence-corrected chi connectivity index (χ4v) is 4.48. The van der Waals surface area contributed by atoms with Gasteiger partial charge in [-0.3, -0.25) is 0 Å². The first-order valence-electron chi connectivity index (χ1n) is 7.12. The number of nitriles is 1. The van der Waals surface area contributed by atoms with E-state index >= 15 is 0 Å². The van der Waals surface area contributed by atoms with E-state index in [1.807, 2.05) is 18.2 Å². The molecule has 1 N–H and O–H groups in total. The lowest BCUT2D eigenvalue weighted by Gasteiger charge is -2.31. The smallest absolute Gasteiger partial charge is 0.214 e. The van der Waals surface area contributed by atoms with Crippen molar-refractivity contribution >= 4 is 10.0 Å². The monoisotopic (exact) mass is 308 g/mol. The van der Waals surface area contributed by atoms with E-state index in [4.69, 9.17) is 10.00 Å².